The molecule has 0 aromatic carbocycles. The highest BCUT2D eigenvalue weighted by atomic mass is 16.3. The Labute approximate surface area is 160 Å². The number of amides is 2. The molecule has 0 unspecified atom stereocenters. The lowest BCUT2D eigenvalue weighted by Gasteiger charge is -2.57. The van der Waals surface area contributed by atoms with Crippen LogP contribution in [0.2, 0.25) is 0 Å². The van der Waals surface area contributed by atoms with E-state index >= 15 is 0 Å². The summed E-state index contributed by atoms with van der Waals surface area (Å²) in [5.41, 5.74) is -0.0693. The zero-order valence-corrected chi connectivity index (χ0v) is 15.8. The molecular weight excluding hydrogens is 340 g/mol. The molecule has 4 saturated carbocycles. The molecule has 27 heavy (non-hydrogen) atoms. The van der Waals surface area contributed by atoms with Crippen LogP contribution >= 0.6 is 0 Å². The highest BCUT2D eigenvalue weighted by molar-refractivity contribution is 5.91. The first kappa shape index (κ1) is 17.1. The molecule has 4 aliphatic carbocycles. The minimum atomic E-state index is -0.0693. The van der Waals surface area contributed by atoms with E-state index in [-0.39, 0.29) is 11.3 Å². The lowest BCUT2D eigenvalue weighted by atomic mass is 9.49. The SMILES string of the molecule is O=C(/C=C/c1ccco1)N1CCN(C(=O)C23CC4CC(CC(C4)C2)C3)CC1. The lowest BCUT2D eigenvalue weighted by molar-refractivity contribution is -0.160. The second kappa shape index (κ2) is 6.54. The normalized spacial score (nSPS) is 35.2. The van der Waals surface area contributed by atoms with Crippen LogP contribution in [0, 0.1) is 23.2 Å². The van der Waals surface area contributed by atoms with Crippen LogP contribution in [0.25, 0.3) is 6.08 Å². The molecule has 144 valence electrons. The Morgan fingerprint density at radius 2 is 1.56 bits per heavy atom. The van der Waals surface area contributed by atoms with Crippen LogP contribution in [0.15, 0.2) is 28.9 Å². The number of hydrogen-bond acceptors (Lipinski definition) is 3. The van der Waals surface area contributed by atoms with Crippen molar-refractivity contribution in [2.45, 2.75) is 38.5 Å². The molecule has 5 aliphatic rings. The summed E-state index contributed by atoms with van der Waals surface area (Å²) < 4.78 is 5.23. The van der Waals surface area contributed by atoms with Gasteiger partial charge in [-0.05, 0) is 74.5 Å². The molecule has 5 fully saturated rings. The van der Waals surface area contributed by atoms with Crippen LogP contribution in [0.1, 0.15) is 44.3 Å². The summed E-state index contributed by atoms with van der Waals surface area (Å²) in [6, 6.07) is 3.63. The summed E-state index contributed by atoms with van der Waals surface area (Å²) in [6.45, 7) is 2.58. The van der Waals surface area contributed by atoms with Gasteiger partial charge in [0.25, 0.3) is 0 Å². The maximum absolute atomic E-state index is 13.4. The zero-order valence-electron chi connectivity index (χ0n) is 15.8. The third kappa shape index (κ3) is 3.11. The Balaban J connectivity index is 1.19. The number of hydrogen-bond donors (Lipinski definition) is 0. The molecular formula is C22H28N2O3. The van der Waals surface area contributed by atoms with E-state index in [1.54, 1.807) is 24.5 Å². The molecule has 1 aliphatic heterocycles. The third-order valence-corrected chi connectivity index (χ3v) is 7.30. The third-order valence-electron chi connectivity index (χ3n) is 7.30. The maximum atomic E-state index is 13.4. The summed E-state index contributed by atoms with van der Waals surface area (Å²) in [6.07, 6.45) is 12.3. The van der Waals surface area contributed by atoms with Gasteiger partial charge in [-0.2, -0.15) is 0 Å². The first-order valence-electron chi connectivity index (χ1n) is 10.4. The molecule has 0 N–H and O–H groups in total. The van der Waals surface area contributed by atoms with Crippen LogP contribution in [0.5, 0.6) is 0 Å². The number of nitrogens with zero attached hydrogens (tertiary/aromatic N) is 2. The van der Waals surface area contributed by atoms with Crippen molar-refractivity contribution in [3.05, 3.63) is 30.2 Å². The van der Waals surface area contributed by atoms with Gasteiger partial charge >= 0.3 is 0 Å². The minimum Gasteiger partial charge on any atom is -0.465 e. The van der Waals surface area contributed by atoms with Crippen molar-refractivity contribution in [2.75, 3.05) is 26.2 Å². The maximum Gasteiger partial charge on any atom is 0.246 e. The number of furan rings is 1. The van der Waals surface area contributed by atoms with Crippen molar-refractivity contribution in [3.8, 4) is 0 Å². The molecule has 0 radical (unpaired) electrons. The van der Waals surface area contributed by atoms with Gasteiger partial charge in [-0.15, -0.1) is 0 Å². The van der Waals surface area contributed by atoms with Gasteiger partial charge in [0.15, 0.2) is 0 Å². The number of rotatable bonds is 3. The lowest BCUT2D eigenvalue weighted by Crippen LogP contribution is -2.58. The monoisotopic (exact) mass is 368 g/mol. The van der Waals surface area contributed by atoms with E-state index in [4.69, 9.17) is 4.42 Å². The van der Waals surface area contributed by atoms with Gasteiger partial charge < -0.3 is 14.2 Å². The molecule has 5 nitrogen and oxygen atoms in total. The average molecular weight is 368 g/mol. The quantitative estimate of drug-likeness (QED) is 0.770. The fraction of sp³-hybridized carbons (Fsp3) is 0.636. The first-order chi connectivity index (χ1) is 13.1. The van der Waals surface area contributed by atoms with Gasteiger partial charge in [-0.1, -0.05) is 0 Å². The summed E-state index contributed by atoms with van der Waals surface area (Å²) >= 11 is 0. The van der Waals surface area contributed by atoms with E-state index in [1.165, 1.54) is 19.3 Å². The van der Waals surface area contributed by atoms with E-state index in [2.05, 4.69) is 0 Å². The molecule has 1 aromatic heterocycles. The molecule has 0 atom stereocenters. The van der Waals surface area contributed by atoms with Gasteiger partial charge in [0.2, 0.25) is 11.8 Å². The second-order valence-corrected chi connectivity index (χ2v) is 9.16. The summed E-state index contributed by atoms with van der Waals surface area (Å²) in [5, 5.41) is 0. The summed E-state index contributed by atoms with van der Waals surface area (Å²) in [4.78, 5) is 29.7. The Kier molecular flexibility index (Phi) is 4.14. The zero-order chi connectivity index (χ0) is 18.4. The van der Waals surface area contributed by atoms with Crippen molar-refractivity contribution in [1.29, 1.82) is 0 Å². The first-order valence-corrected chi connectivity index (χ1v) is 10.4. The predicted molar refractivity (Wildman–Crippen MR) is 102 cm³/mol. The van der Waals surface area contributed by atoms with E-state index in [0.29, 0.717) is 37.8 Å². The van der Waals surface area contributed by atoms with Gasteiger partial charge in [-0.25, -0.2) is 0 Å². The van der Waals surface area contributed by atoms with Crippen molar-refractivity contribution >= 4 is 17.9 Å². The van der Waals surface area contributed by atoms with Crippen LogP contribution in [-0.2, 0) is 9.59 Å². The Hall–Kier alpha value is -2.04. The number of carbonyl (C=O) groups is 2. The van der Waals surface area contributed by atoms with Crippen molar-refractivity contribution in [1.82, 2.24) is 9.80 Å². The van der Waals surface area contributed by atoms with Crippen molar-refractivity contribution in [2.24, 2.45) is 23.2 Å². The molecule has 1 saturated heterocycles. The fourth-order valence-corrected chi connectivity index (χ4v) is 6.48. The molecule has 1 aromatic rings. The smallest absolute Gasteiger partial charge is 0.246 e. The van der Waals surface area contributed by atoms with E-state index in [0.717, 1.165) is 37.0 Å². The van der Waals surface area contributed by atoms with Crippen LogP contribution in [0.3, 0.4) is 0 Å². The van der Waals surface area contributed by atoms with Gasteiger partial charge in [-0.3, -0.25) is 9.59 Å². The number of piperazine rings is 1. The Morgan fingerprint density at radius 1 is 0.963 bits per heavy atom. The van der Waals surface area contributed by atoms with Crippen LogP contribution in [-0.4, -0.2) is 47.8 Å². The predicted octanol–water partition coefficient (Wildman–Crippen LogP) is 3.18. The highest BCUT2D eigenvalue weighted by Crippen LogP contribution is 2.60. The van der Waals surface area contributed by atoms with E-state index in [1.807, 2.05) is 15.9 Å². The molecule has 0 spiro atoms. The second-order valence-electron chi connectivity index (χ2n) is 9.16. The van der Waals surface area contributed by atoms with E-state index in [9.17, 15) is 9.59 Å². The van der Waals surface area contributed by atoms with Crippen LogP contribution < -0.4 is 0 Å². The molecule has 5 heteroatoms. The fourth-order valence-electron chi connectivity index (χ4n) is 6.48. The number of carbonyl (C=O) groups excluding carboxylic acids is 2. The van der Waals surface area contributed by atoms with E-state index < -0.39 is 0 Å². The minimum absolute atomic E-state index is 0.00620. The Bertz CT molecular complexity index is 708. The topological polar surface area (TPSA) is 53.8 Å². The highest BCUT2D eigenvalue weighted by Gasteiger charge is 2.55. The average Bonchev–Trinajstić information content (AvgIpc) is 3.18. The Morgan fingerprint density at radius 3 is 2.11 bits per heavy atom. The van der Waals surface area contributed by atoms with Gasteiger partial charge in [0.05, 0.1) is 11.7 Å². The van der Waals surface area contributed by atoms with Crippen molar-refractivity contribution in [3.63, 3.8) is 0 Å². The summed E-state index contributed by atoms with van der Waals surface area (Å²) in [7, 11) is 0. The molecule has 4 bridgehead atoms. The largest absolute Gasteiger partial charge is 0.465 e. The van der Waals surface area contributed by atoms with Gasteiger partial charge in [0.1, 0.15) is 5.76 Å². The molecule has 2 amide bonds. The van der Waals surface area contributed by atoms with Crippen LogP contribution in [0.4, 0.5) is 0 Å². The summed E-state index contributed by atoms with van der Waals surface area (Å²) in [5.74, 6) is 3.42. The molecule has 6 rings (SSSR count). The van der Waals surface area contributed by atoms with Crippen molar-refractivity contribution < 1.29 is 14.0 Å². The standard InChI is InChI=1S/C22H28N2O3/c25-20(4-3-19-2-1-9-27-19)23-5-7-24(8-6-23)21(26)22-13-16-10-17(14-22)12-18(11-16)15-22/h1-4,9,16-18H,5-8,10-15H2/b4-3+. The van der Waals surface area contributed by atoms with Gasteiger partial charge in [0, 0.05) is 32.3 Å². The molecule has 2 heterocycles.